The Bertz CT molecular complexity index is 552. The summed E-state index contributed by atoms with van der Waals surface area (Å²) < 4.78 is 26.1. The van der Waals surface area contributed by atoms with Gasteiger partial charge in [-0.1, -0.05) is 0 Å². The van der Waals surface area contributed by atoms with E-state index in [1.165, 1.54) is 0 Å². The Balaban J connectivity index is 2.49. The first-order valence-corrected chi connectivity index (χ1v) is 11.3. The molecule has 0 unspecified atom stereocenters. The fourth-order valence-electron chi connectivity index (χ4n) is 2.20. The molecule has 3 N–H and O–H groups in total. The van der Waals surface area contributed by atoms with Crippen molar-refractivity contribution in [2.45, 2.75) is 33.2 Å². The lowest BCUT2D eigenvalue weighted by Gasteiger charge is -2.25. The lowest BCUT2D eigenvalue weighted by atomic mass is 10.1. The highest BCUT2D eigenvalue weighted by atomic mass is 32.2. The number of guanidine groups is 1. The fourth-order valence-corrected chi connectivity index (χ4v) is 4.69. The van der Waals surface area contributed by atoms with Gasteiger partial charge in [0.25, 0.3) is 0 Å². The maximum atomic E-state index is 12.3. The number of amides is 1. The number of hydrogen-bond donors (Lipinski definition) is 3. The number of hydrogen-bond acceptors (Lipinski definition) is 5. The summed E-state index contributed by atoms with van der Waals surface area (Å²) in [5.41, 5.74) is -0.306. The molecule has 0 radical (unpaired) electrons. The molecule has 0 aromatic rings. The van der Waals surface area contributed by atoms with Gasteiger partial charge in [0.05, 0.1) is 5.75 Å². The van der Waals surface area contributed by atoms with E-state index in [9.17, 15) is 13.2 Å². The predicted molar refractivity (Wildman–Crippen MR) is 105 cm³/mol. The van der Waals surface area contributed by atoms with E-state index in [1.54, 1.807) is 16.1 Å². The van der Waals surface area contributed by atoms with Gasteiger partial charge >= 0.3 is 0 Å². The Morgan fingerprint density at radius 1 is 1.20 bits per heavy atom. The van der Waals surface area contributed by atoms with E-state index in [2.05, 4.69) is 20.9 Å². The number of thioether (sulfide) groups is 1. The van der Waals surface area contributed by atoms with Crippen LogP contribution < -0.4 is 16.0 Å². The summed E-state index contributed by atoms with van der Waals surface area (Å²) in [6.07, 6.45) is 0. The highest BCUT2D eigenvalue weighted by Gasteiger charge is 2.23. The van der Waals surface area contributed by atoms with Gasteiger partial charge in [-0.3, -0.25) is 4.79 Å². The van der Waals surface area contributed by atoms with Crippen molar-refractivity contribution in [3.63, 3.8) is 0 Å². The first-order chi connectivity index (χ1) is 11.6. The van der Waals surface area contributed by atoms with E-state index in [4.69, 9.17) is 0 Å². The van der Waals surface area contributed by atoms with Crippen LogP contribution in [0.5, 0.6) is 0 Å². The van der Waals surface area contributed by atoms with Gasteiger partial charge in [0, 0.05) is 43.2 Å². The lowest BCUT2D eigenvalue weighted by molar-refractivity contribution is -0.121. The molecule has 0 atom stereocenters. The number of nitrogens with one attached hydrogen (secondary N) is 3. The number of carbonyl (C=O) groups excluding carboxylic acids is 1. The third kappa shape index (κ3) is 9.31. The van der Waals surface area contributed by atoms with Crippen LogP contribution >= 0.6 is 11.8 Å². The minimum Gasteiger partial charge on any atom is -0.357 e. The molecule has 1 amide bonds. The number of carbonyl (C=O) groups is 1. The molecule has 10 heteroatoms. The normalized spacial score (nSPS) is 17.2. The van der Waals surface area contributed by atoms with Gasteiger partial charge in [-0.15, -0.1) is 0 Å². The van der Waals surface area contributed by atoms with Crippen molar-refractivity contribution in [2.75, 3.05) is 50.0 Å². The molecule has 1 saturated heterocycles. The number of nitrogens with zero attached hydrogens (tertiary/aromatic N) is 2. The Morgan fingerprint density at radius 2 is 1.84 bits per heavy atom. The second-order valence-electron chi connectivity index (χ2n) is 6.75. The second kappa shape index (κ2) is 10.2. The first kappa shape index (κ1) is 22.0. The first-order valence-electron chi connectivity index (χ1n) is 8.53. The van der Waals surface area contributed by atoms with Gasteiger partial charge in [0.1, 0.15) is 6.54 Å². The van der Waals surface area contributed by atoms with E-state index in [-0.39, 0.29) is 30.3 Å². The molecule has 1 rings (SSSR count). The number of rotatable bonds is 7. The topological polar surface area (TPSA) is 103 Å². The molecule has 0 aliphatic carbocycles. The summed E-state index contributed by atoms with van der Waals surface area (Å²) in [4.78, 5) is 16.0. The van der Waals surface area contributed by atoms with Crippen LogP contribution in [0.25, 0.3) is 0 Å². The third-order valence-corrected chi connectivity index (χ3v) is 6.07. The molecule has 0 bridgehead atoms. The summed E-state index contributed by atoms with van der Waals surface area (Å²) in [6.45, 7) is 9.65. The maximum Gasteiger partial charge on any atom is 0.242 e. The van der Waals surface area contributed by atoms with Gasteiger partial charge < -0.3 is 16.0 Å². The van der Waals surface area contributed by atoms with Crippen LogP contribution in [-0.2, 0) is 14.8 Å². The van der Waals surface area contributed by atoms with Gasteiger partial charge in [0.15, 0.2) is 5.96 Å². The van der Waals surface area contributed by atoms with Gasteiger partial charge in [-0.25, -0.2) is 17.7 Å². The van der Waals surface area contributed by atoms with Gasteiger partial charge in [-0.05, 0) is 27.7 Å². The van der Waals surface area contributed by atoms with Crippen LogP contribution in [0.1, 0.15) is 27.7 Å². The molecule has 0 saturated carbocycles. The number of aliphatic imine (C=N–C) groups is 1. The average Bonchev–Trinajstić information content (AvgIpc) is 2.51. The van der Waals surface area contributed by atoms with Crippen LogP contribution in [-0.4, -0.2) is 80.1 Å². The molecule has 1 aliphatic rings. The standard InChI is InChI=1S/C15H31N5O3S2/c1-5-16-14(18-12-13(21)19-15(2,3)4)17-6-11-25(22,23)20-7-9-24-10-8-20/h5-12H2,1-4H3,(H,19,21)(H2,16,17,18). The van der Waals surface area contributed by atoms with Gasteiger partial charge in [0.2, 0.25) is 15.9 Å². The quantitative estimate of drug-likeness (QED) is 0.410. The molecule has 1 aliphatic heterocycles. The van der Waals surface area contributed by atoms with Crippen molar-refractivity contribution in [3.05, 3.63) is 0 Å². The van der Waals surface area contributed by atoms with Crippen molar-refractivity contribution in [1.29, 1.82) is 0 Å². The lowest BCUT2D eigenvalue weighted by Crippen LogP contribution is -2.45. The summed E-state index contributed by atoms with van der Waals surface area (Å²) >= 11 is 1.77. The Kier molecular flexibility index (Phi) is 9.01. The van der Waals surface area contributed by atoms with Crippen molar-refractivity contribution in [3.8, 4) is 0 Å². The van der Waals surface area contributed by atoms with E-state index in [0.717, 1.165) is 11.5 Å². The van der Waals surface area contributed by atoms with E-state index >= 15 is 0 Å². The van der Waals surface area contributed by atoms with E-state index < -0.39 is 10.0 Å². The molecule has 146 valence electrons. The summed E-state index contributed by atoms with van der Waals surface area (Å²) in [5, 5.41) is 8.83. The summed E-state index contributed by atoms with van der Waals surface area (Å²) in [7, 11) is -3.25. The maximum absolute atomic E-state index is 12.3. The molecule has 8 nitrogen and oxygen atoms in total. The molecule has 25 heavy (non-hydrogen) atoms. The number of sulfonamides is 1. The zero-order valence-corrected chi connectivity index (χ0v) is 17.2. The third-order valence-electron chi connectivity index (χ3n) is 3.26. The monoisotopic (exact) mass is 393 g/mol. The minimum atomic E-state index is -3.25. The van der Waals surface area contributed by atoms with Crippen molar-refractivity contribution in [1.82, 2.24) is 20.3 Å². The van der Waals surface area contributed by atoms with Gasteiger partial charge in [-0.2, -0.15) is 11.8 Å². The Hall–Kier alpha value is -1.00. The SMILES string of the molecule is CCNC(=NCC(=O)NC(C)(C)C)NCCS(=O)(=O)N1CCSCC1. The second-order valence-corrected chi connectivity index (χ2v) is 10.1. The Morgan fingerprint density at radius 3 is 2.40 bits per heavy atom. The molecule has 0 spiro atoms. The zero-order valence-electron chi connectivity index (χ0n) is 15.6. The van der Waals surface area contributed by atoms with Crippen molar-refractivity contribution >= 4 is 33.7 Å². The predicted octanol–water partition coefficient (Wildman–Crippen LogP) is -0.165. The molecule has 1 heterocycles. The molecular formula is C15H31N5O3S2. The van der Waals surface area contributed by atoms with Crippen molar-refractivity contribution in [2.24, 2.45) is 4.99 Å². The van der Waals surface area contributed by atoms with Crippen LogP contribution in [0.3, 0.4) is 0 Å². The summed E-state index contributed by atoms with van der Waals surface area (Å²) in [5.74, 6) is 1.97. The minimum absolute atomic E-state index is 0.0102. The van der Waals surface area contributed by atoms with Crippen LogP contribution in [0.15, 0.2) is 4.99 Å². The fraction of sp³-hybridized carbons (Fsp3) is 0.867. The highest BCUT2D eigenvalue weighted by Crippen LogP contribution is 2.12. The average molecular weight is 394 g/mol. The largest absolute Gasteiger partial charge is 0.357 e. The van der Waals surface area contributed by atoms with Crippen LogP contribution in [0.2, 0.25) is 0 Å². The summed E-state index contributed by atoms with van der Waals surface area (Å²) in [6, 6.07) is 0. The molecule has 0 aromatic carbocycles. The Labute approximate surface area is 155 Å². The van der Waals surface area contributed by atoms with Crippen LogP contribution in [0, 0.1) is 0 Å². The van der Waals surface area contributed by atoms with E-state index in [0.29, 0.717) is 25.6 Å². The molecule has 1 fully saturated rings. The smallest absolute Gasteiger partial charge is 0.242 e. The van der Waals surface area contributed by atoms with Crippen molar-refractivity contribution < 1.29 is 13.2 Å². The van der Waals surface area contributed by atoms with Crippen LogP contribution in [0.4, 0.5) is 0 Å². The van der Waals surface area contributed by atoms with E-state index in [1.807, 2.05) is 27.7 Å². The molecular weight excluding hydrogens is 362 g/mol. The zero-order chi connectivity index (χ0) is 18.9. The molecule has 0 aromatic heterocycles. The highest BCUT2D eigenvalue weighted by molar-refractivity contribution is 7.99.